The fraction of sp³-hybridized carbons (Fsp3) is 0.273. The highest BCUT2D eigenvalue weighted by Crippen LogP contribution is 2.29. The summed E-state index contributed by atoms with van der Waals surface area (Å²) in [5.74, 6) is 1.25. The Bertz CT molecular complexity index is 426. The zero-order valence-electron chi connectivity index (χ0n) is 9.39. The van der Waals surface area contributed by atoms with Gasteiger partial charge in [-0.15, -0.1) is 0 Å². The van der Waals surface area contributed by atoms with Gasteiger partial charge >= 0.3 is 0 Å². The second-order valence-electron chi connectivity index (χ2n) is 3.16. The van der Waals surface area contributed by atoms with Crippen LogP contribution in [0.5, 0.6) is 11.5 Å². The van der Waals surface area contributed by atoms with E-state index in [1.807, 2.05) is 6.92 Å². The monoisotopic (exact) mass is 223 g/mol. The third kappa shape index (κ3) is 2.73. The Kier molecular flexibility index (Phi) is 3.88. The third-order valence-electron chi connectivity index (χ3n) is 2.12. The molecule has 0 bridgehead atoms. The predicted molar refractivity (Wildman–Crippen MR) is 60.3 cm³/mol. The fourth-order valence-corrected chi connectivity index (χ4v) is 1.35. The maximum absolute atomic E-state index is 10.2. The summed E-state index contributed by atoms with van der Waals surface area (Å²) >= 11 is 0. The summed E-state index contributed by atoms with van der Waals surface area (Å²) in [5, 5.41) is 10.2. The molecule has 0 saturated heterocycles. The van der Waals surface area contributed by atoms with Gasteiger partial charge in [0.15, 0.2) is 0 Å². The summed E-state index contributed by atoms with van der Waals surface area (Å²) in [6, 6.07) is 3.48. The summed E-state index contributed by atoms with van der Waals surface area (Å²) in [5.41, 5.74) is 1.53. The van der Waals surface area contributed by atoms with Crippen LogP contribution in [0.1, 0.15) is 11.1 Å². The smallest absolute Gasteiger partial charge is 0.235 e. The fourth-order valence-electron chi connectivity index (χ4n) is 1.35. The Morgan fingerprint density at radius 1 is 1.25 bits per heavy atom. The quantitative estimate of drug-likeness (QED) is 0.580. The van der Waals surface area contributed by atoms with Gasteiger partial charge in [-0.1, -0.05) is 0 Å². The maximum atomic E-state index is 10.2. The molecule has 16 heavy (non-hydrogen) atoms. The molecule has 0 unspecified atom stereocenters. The molecular formula is C11H13NO4. The number of benzene rings is 1. The van der Waals surface area contributed by atoms with E-state index in [1.165, 1.54) is 13.2 Å². The first-order valence-electron chi connectivity index (χ1n) is 4.62. The number of methoxy groups -OCH3 is 2. The standard InChI is InChI=1S/C11H13NO4/c1-8-6-11(16-3)9(4-5-12(13)14)7-10(8)15-2/h4-7H,1-3H3/b5-4+. The second kappa shape index (κ2) is 5.16. The van der Waals surface area contributed by atoms with Crippen LogP contribution in [0.25, 0.3) is 6.08 Å². The molecule has 1 rings (SSSR count). The van der Waals surface area contributed by atoms with Gasteiger partial charge in [0.25, 0.3) is 0 Å². The minimum absolute atomic E-state index is 0.522. The Labute approximate surface area is 93.4 Å². The van der Waals surface area contributed by atoms with Crippen LogP contribution in [0.4, 0.5) is 0 Å². The SMILES string of the molecule is COc1cc(/C=C/[N+](=O)[O-])c(OC)cc1C. The van der Waals surface area contributed by atoms with E-state index in [0.717, 1.165) is 11.8 Å². The molecule has 0 aliphatic heterocycles. The van der Waals surface area contributed by atoms with E-state index in [-0.39, 0.29) is 0 Å². The molecule has 0 heterocycles. The van der Waals surface area contributed by atoms with Gasteiger partial charge in [0, 0.05) is 11.6 Å². The first-order valence-corrected chi connectivity index (χ1v) is 4.62. The van der Waals surface area contributed by atoms with Crippen molar-refractivity contribution in [2.75, 3.05) is 14.2 Å². The van der Waals surface area contributed by atoms with E-state index in [4.69, 9.17) is 9.47 Å². The molecule has 5 nitrogen and oxygen atoms in total. The van der Waals surface area contributed by atoms with Gasteiger partial charge in [-0.25, -0.2) is 0 Å². The summed E-state index contributed by atoms with van der Waals surface area (Å²) < 4.78 is 10.3. The number of aryl methyl sites for hydroxylation is 1. The first kappa shape index (κ1) is 12.0. The lowest BCUT2D eigenvalue weighted by molar-refractivity contribution is -0.400. The Morgan fingerprint density at radius 3 is 2.38 bits per heavy atom. The molecule has 86 valence electrons. The second-order valence-corrected chi connectivity index (χ2v) is 3.16. The molecule has 1 aromatic rings. The van der Waals surface area contributed by atoms with Crippen LogP contribution in [0.15, 0.2) is 18.3 Å². The number of rotatable bonds is 4. The van der Waals surface area contributed by atoms with Crippen LogP contribution in [-0.4, -0.2) is 19.1 Å². The van der Waals surface area contributed by atoms with Crippen molar-refractivity contribution in [1.29, 1.82) is 0 Å². The Balaban J connectivity index is 3.19. The van der Waals surface area contributed by atoms with E-state index in [1.54, 1.807) is 19.2 Å². The van der Waals surface area contributed by atoms with Crippen LogP contribution < -0.4 is 9.47 Å². The number of nitrogens with zero attached hydrogens (tertiary/aromatic N) is 1. The molecule has 0 saturated carbocycles. The van der Waals surface area contributed by atoms with Crippen molar-refractivity contribution in [3.8, 4) is 11.5 Å². The number of ether oxygens (including phenoxy) is 2. The average Bonchev–Trinajstić information content (AvgIpc) is 2.26. The lowest BCUT2D eigenvalue weighted by Gasteiger charge is -2.09. The molecule has 0 radical (unpaired) electrons. The van der Waals surface area contributed by atoms with Crippen molar-refractivity contribution >= 4 is 6.08 Å². The van der Waals surface area contributed by atoms with Gasteiger partial charge in [-0.05, 0) is 24.6 Å². The van der Waals surface area contributed by atoms with Crippen LogP contribution in [0.2, 0.25) is 0 Å². The highest BCUT2D eigenvalue weighted by molar-refractivity contribution is 5.60. The van der Waals surface area contributed by atoms with Crippen molar-refractivity contribution < 1.29 is 14.4 Å². The summed E-state index contributed by atoms with van der Waals surface area (Å²) in [7, 11) is 3.07. The van der Waals surface area contributed by atoms with Gasteiger partial charge in [-0.2, -0.15) is 0 Å². The first-order chi connectivity index (χ1) is 7.58. The van der Waals surface area contributed by atoms with E-state index >= 15 is 0 Å². The average molecular weight is 223 g/mol. The largest absolute Gasteiger partial charge is 0.496 e. The van der Waals surface area contributed by atoms with E-state index in [0.29, 0.717) is 17.1 Å². The van der Waals surface area contributed by atoms with Gasteiger partial charge in [0.1, 0.15) is 11.5 Å². The van der Waals surface area contributed by atoms with Crippen LogP contribution in [0.3, 0.4) is 0 Å². The molecule has 1 aromatic carbocycles. The predicted octanol–water partition coefficient (Wildman–Crippen LogP) is 2.26. The van der Waals surface area contributed by atoms with Gasteiger partial charge < -0.3 is 9.47 Å². The number of hydrogen-bond acceptors (Lipinski definition) is 4. The van der Waals surface area contributed by atoms with E-state index in [9.17, 15) is 10.1 Å². The highest BCUT2D eigenvalue weighted by atomic mass is 16.6. The van der Waals surface area contributed by atoms with Gasteiger partial charge in [-0.3, -0.25) is 10.1 Å². The summed E-state index contributed by atoms with van der Waals surface area (Å²) in [4.78, 5) is 9.72. The molecule has 0 spiro atoms. The molecule has 5 heteroatoms. The van der Waals surface area contributed by atoms with Crippen LogP contribution in [0, 0.1) is 17.0 Å². The number of nitro groups is 1. The minimum atomic E-state index is -0.522. The summed E-state index contributed by atoms with van der Waals surface area (Å²) in [6.45, 7) is 1.88. The molecule has 0 atom stereocenters. The van der Waals surface area contributed by atoms with Crippen molar-refractivity contribution in [1.82, 2.24) is 0 Å². The van der Waals surface area contributed by atoms with E-state index < -0.39 is 4.92 Å². The molecule has 0 aromatic heterocycles. The van der Waals surface area contributed by atoms with Crippen LogP contribution in [-0.2, 0) is 0 Å². The maximum Gasteiger partial charge on any atom is 0.235 e. The van der Waals surface area contributed by atoms with Crippen molar-refractivity contribution in [2.24, 2.45) is 0 Å². The molecule has 0 amide bonds. The zero-order valence-corrected chi connectivity index (χ0v) is 9.39. The molecule has 0 N–H and O–H groups in total. The lowest BCUT2D eigenvalue weighted by Crippen LogP contribution is -1.93. The van der Waals surface area contributed by atoms with Crippen molar-refractivity contribution in [2.45, 2.75) is 6.92 Å². The Hall–Kier alpha value is -2.04. The third-order valence-corrected chi connectivity index (χ3v) is 2.12. The van der Waals surface area contributed by atoms with Crippen LogP contribution >= 0.6 is 0 Å². The van der Waals surface area contributed by atoms with Crippen molar-refractivity contribution in [3.05, 3.63) is 39.6 Å². The topological polar surface area (TPSA) is 61.6 Å². The highest BCUT2D eigenvalue weighted by Gasteiger charge is 2.07. The zero-order chi connectivity index (χ0) is 12.1. The van der Waals surface area contributed by atoms with Gasteiger partial charge in [0.05, 0.1) is 19.1 Å². The van der Waals surface area contributed by atoms with Gasteiger partial charge in [0.2, 0.25) is 6.20 Å². The number of hydrogen-bond donors (Lipinski definition) is 0. The summed E-state index contributed by atoms with van der Waals surface area (Å²) in [6.07, 6.45) is 2.24. The lowest BCUT2D eigenvalue weighted by atomic mass is 10.1. The molecular weight excluding hydrogens is 210 g/mol. The van der Waals surface area contributed by atoms with Crippen molar-refractivity contribution in [3.63, 3.8) is 0 Å². The normalized spacial score (nSPS) is 10.4. The molecule has 0 aliphatic rings. The minimum Gasteiger partial charge on any atom is -0.496 e. The van der Waals surface area contributed by atoms with E-state index in [2.05, 4.69) is 0 Å². The Morgan fingerprint density at radius 2 is 1.88 bits per heavy atom. The molecule has 0 aliphatic carbocycles. The molecule has 0 fully saturated rings.